The number of nitrogens with zero attached hydrogens (tertiary/aromatic N) is 4. The van der Waals surface area contributed by atoms with E-state index in [1.807, 2.05) is 0 Å². The SMILES string of the molecule is O=C(O)C1CCC(n2ncc(C(=O)N(Cc3cc(F)cc(F)c3)CC(O)c3c(Cl)cncc3Cl)c2C(F)F)CC1. The summed E-state index contributed by atoms with van der Waals surface area (Å²) in [5.41, 5.74) is -1.11. The van der Waals surface area contributed by atoms with Crippen LogP contribution in [-0.4, -0.2) is 48.3 Å². The summed E-state index contributed by atoms with van der Waals surface area (Å²) in [6, 6.07) is 2.03. The fraction of sp³-hybridized carbons (Fsp3) is 0.385. The van der Waals surface area contributed by atoms with Gasteiger partial charge in [0.1, 0.15) is 17.3 Å². The number of amides is 1. The Kier molecular flexibility index (Phi) is 9.32. The zero-order valence-electron chi connectivity index (χ0n) is 20.8. The van der Waals surface area contributed by atoms with Gasteiger partial charge in [-0.15, -0.1) is 0 Å². The van der Waals surface area contributed by atoms with Crippen LogP contribution in [0.4, 0.5) is 17.6 Å². The molecular formula is C26H24Cl2F4N4O4. The molecule has 40 heavy (non-hydrogen) atoms. The number of benzene rings is 1. The molecule has 2 N–H and O–H groups in total. The van der Waals surface area contributed by atoms with E-state index in [0.717, 1.165) is 27.9 Å². The number of aliphatic hydroxyl groups is 1. The minimum absolute atomic E-state index is 0.00274. The highest BCUT2D eigenvalue weighted by Gasteiger charge is 2.34. The molecule has 8 nitrogen and oxygen atoms in total. The fourth-order valence-electron chi connectivity index (χ4n) is 4.96. The number of carbonyl (C=O) groups excluding carboxylic acids is 1. The van der Waals surface area contributed by atoms with Crippen molar-refractivity contribution in [3.8, 4) is 0 Å². The number of rotatable bonds is 9. The molecule has 1 unspecified atom stereocenters. The molecule has 1 aromatic carbocycles. The van der Waals surface area contributed by atoms with E-state index in [-0.39, 0.29) is 46.9 Å². The summed E-state index contributed by atoms with van der Waals surface area (Å²) in [6.45, 7) is -0.986. The van der Waals surface area contributed by atoms with Gasteiger partial charge in [0.05, 0.1) is 46.4 Å². The number of alkyl halides is 2. The van der Waals surface area contributed by atoms with E-state index in [0.29, 0.717) is 6.07 Å². The highest BCUT2D eigenvalue weighted by atomic mass is 35.5. The highest BCUT2D eigenvalue weighted by molar-refractivity contribution is 6.35. The molecule has 214 valence electrons. The summed E-state index contributed by atoms with van der Waals surface area (Å²) in [5.74, 6) is -4.35. The van der Waals surface area contributed by atoms with E-state index in [1.54, 1.807) is 0 Å². The van der Waals surface area contributed by atoms with E-state index in [9.17, 15) is 37.4 Å². The summed E-state index contributed by atoms with van der Waals surface area (Å²) in [4.78, 5) is 29.7. The topological polar surface area (TPSA) is 109 Å². The molecule has 0 bridgehead atoms. The Bertz CT molecular complexity index is 1360. The van der Waals surface area contributed by atoms with Gasteiger partial charge in [-0.2, -0.15) is 5.10 Å². The van der Waals surface area contributed by atoms with Crippen LogP contribution in [0.2, 0.25) is 10.0 Å². The number of aliphatic hydroxyl groups excluding tert-OH is 1. The number of hydrogen-bond acceptors (Lipinski definition) is 5. The normalized spacial score (nSPS) is 18.1. The molecule has 0 saturated heterocycles. The summed E-state index contributed by atoms with van der Waals surface area (Å²) in [7, 11) is 0. The van der Waals surface area contributed by atoms with Gasteiger partial charge >= 0.3 is 5.97 Å². The second kappa shape index (κ2) is 12.5. The first-order valence-electron chi connectivity index (χ1n) is 12.3. The average molecular weight is 603 g/mol. The van der Waals surface area contributed by atoms with Gasteiger partial charge in [0.15, 0.2) is 0 Å². The molecule has 1 amide bonds. The van der Waals surface area contributed by atoms with Crippen molar-refractivity contribution < 1.29 is 37.4 Å². The first-order chi connectivity index (χ1) is 19.0. The van der Waals surface area contributed by atoms with Crippen LogP contribution in [0.1, 0.15) is 71.4 Å². The van der Waals surface area contributed by atoms with Crippen molar-refractivity contribution in [2.75, 3.05) is 6.54 Å². The Hall–Kier alpha value is -3.22. The molecule has 14 heteroatoms. The van der Waals surface area contributed by atoms with Crippen LogP contribution in [0.5, 0.6) is 0 Å². The zero-order valence-corrected chi connectivity index (χ0v) is 22.3. The number of carboxylic acid groups (broad SMARTS) is 1. The predicted molar refractivity (Wildman–Crippen MR) is 136 cm³/mol. The Labute approximate surface area is 236 Å². The van der Waals surface area contributed by atoms with Crippen molar-refractivity contribution in [2.24, 2.45) is 5.92 Å². The molecule has 1 aliphatic rings. The molecule has 1 fully saturated rings. The molecule has 3 aromatic rings. The van der Waals surface area contributed by atoms with Gasteiger partial charge < -0.3 is 15.1 Å². The van der Waals surface area contributed by atoms with E-state index in [4.69, 9.17) is 23.2 Å². The van der Waals surface area contributed by atoms with E-state index in [2.05, 4.69) is 10.1 Å². The standard InChI is InChI=1S/C26H24Cl2F4N4O4/c27-19-9-33-10-20(28)22(19)21(37)12-35(11-13-5-15(29)7-16(30)6-13)25(38)18-8-34-36(23(18)24(31)32)17-3-1-14(2-4-17)26(39)40/h5-10,14,17,21,24,37H,1-4,11-12H2,(H,39,40). The monoisotopic (exact) mass is 602 g/mol. The second-order valence-corrected chi connectivity index (χ2v) is 10.3. The summed E-state index contributed by atoms with van der Waals surface area (Å²) < 4.78 is 57.6. The van der Waals surface area contributed by atoms with Gasteiger partial charge in [-0.1, -0.05) is 23.2 Å². The Morgan fingerprint density at radius 1 is 1.02 bits per heavy atom. The maximum absolute atomic E-state index is 14.4. The second-order valence-electron chi connectivity index (χ2n) is 9.53. The van der Waals surface area contributed by atoms with Gasteiger partial charge in [-0.3, -0.25) is 19.3 Å². The van der Waals surface area contributed by atoms with Crippen LogP contribution in [0.25, 0.3) is 0 Å². The van der Waals surface area contributed by atoms with Gasteiger partial charge in [0.2, 0.25) is 0 Å². The molecule has 1 aliphatic carbocycles. The molecule has 0 spiro atoms. The summed E-state index contributed by atoms with van der Waals surface area (Å²) >= 11 is 12.3. The van der Waals surface area contributed by atoms with Crippen LogP contribution in [0, 0.1) is 17.6 Å². The third-order valence-corrected chi connectivity index (χ3v) is 7.47. The third-order valence-electron chi connectivity index (χ3n) is 6.86. The van der Waals surface area contributed by atoms with Crippen LogP contribution >= 0.6 is 23.2 Å². The molecule has 4 rings (SSSR count). The highest BCUT2D eigenvalue weighted by Crippen LogP contribution is 2.36. The van der Waals surface area contributed by atoms with Crippen molar-refractivity contribution in [3.05, 3.63) is 80.9 Å². The van der Waals surface area contributed by atoms with Gasteiger partial charge in [0.25, 0.3) is 12.3 Å². The molecule has 2 aromatic heterocycles. The molecule has 2 heterocycles. The van der Waals surface area contributed by atoms with Crippen LogP contribution in [0.3, 0.4) is 0 Å². The average Bonchev–Trinajstić information content (AvgIpc) is 3.33. The number of carbonyl (C=O) groups is 2. The zero-order chi connectivity index (χ0) is 29.1. The number of aliphatic carboxylic acids is 1. The molecule has 1 saturated carbocycles. The molecular weight excluding hydrogens is 579 g/mol. The largest absolute Gasteiger partial charge is 0.481 e. The van der Waals surface area contributed by atoms with Gasteiger partial charge in [0, 0.05) is 30.6 Å². The first-order valence-corrected chi connectivity index (χ1v) is 13.0. The lowest BCUT2D eigenvalue weighted by molar-refractivity contribution is -0.143. The van der Waals surface area contributed by atoms with E-state index < -0.39 is 72.3 Å². The predicted octanol–water partition coefficient (Wildman–Crippen LogP) is 5.99. The smallest absolute Gasteiger partial charge is 0.306 e. The molecule has 0 radical (unpaired) electrons. The van der Waals surface area contributed by atoms with Crippen molar-refractivity contribution in [2.45, 2.75) is 50.8 Å². The van der Waals surface area contributed by atoms with Crippen LogP contribution in [-0.2, 0) is 11.3 Å². The number of aromatic nitrogens is 3. The maximum atomic E-state index is 14.4. The van der Waals surface area contributed by atoms with Crippen molar-refractivity contribution in [1.29, 1.82) is 0 Å². The lowest BCUT2D eigenvalue weighted by Crippen LogP contribution is -2.35. The van der Waals surface area contributed by atoms with Crippen LogP contribution in [0.15, 0.2) is 36.8 Å². The van der Waals surface area contributed by atoms with Gasteiger partial charge in [-0.05, 0) is 43.4 Å². The minimum Gasteiger partial charge on any atom is -0.481 e. The quantitative estimate of drug-likeness (QED) is 0.291. The number of pyridine rings is 1. The summed E-state index contributed by atoms with van der Waals surface area (Å²) in [6.07, 6.45) is -0.137. The van der Waals surface area contributed by atoms with E-state index >= 15 is 0 Å². The lowest BCUT2D eigenvalue weighted by Gasteiger charge is -2.28. The summed E-state index contributed by atoms with van der Waals surface area (Å²) in [5, 5.41) is 24.2. The van der Waals surface area contributed by atoms with Crippen molar-refractivity contribution in [3.63, 3.8) is 0 Å². The maximum Gasteiger partial charge on any atom is 0.306 e. The number of halogens is 6. The Morgan fingerprint density at radius 2 is 1.62 bits per heavy atom. The minimum atomic E-state index is -3.12. The number of hydrogen-bond donors (Lipinski definition) is 2. The lowest BCUT2D eigenvalue weighted by atomic mass is 9.86. The third kappa shape index (κ3) is 6.56. The van der Waals surface area contributed by atoms with Gasteiger partial charge in [-0.25, -0.2) is 17.6 Å². The van der Waals surface area contributed by atoms with E-state index in [1.165, 1.54) is 12.4 Å². The first kappa shape index (κ1) is 29.8. The Balaban J connectivity index is 1.68. The van der Waals surface area contributed by atoms with Crippen molar-refractivity contribution in [1.82, 2.24) is 19.7 Å². The molecule has 0 aliphatic heterocycles. The van der Waals surface area contributed by atoms with Crippen LogP contribution < -0.4 is 0 Å². The Morgan fingerprint density at radius 3 is 2.17 bits per heavy atom. The van der Waals surface area contributed by atoms with Crippen molar-refractivity contribution >= 4 is 35.1 Å². The number of carboxylic acids is 1. The fourth-order valence-corrected chi connectivity index (χ4v) is 5.58. The molecule has 1 atom stereocenters.